The summed E-state index contributed by atoms with van der Waals surface area (Å²) in [6.45, 7) is 4.82. The first-order chi connectivity index (χ1) is 16.4. The van der Waals surface area contributed by atoms with Gasteiger partial charge in [0, 0.05) is 17.4 Å². The highest BCUT2D eigenvalue weighted by Gasteiger charge is 2.58. The predicted octanol–water partition coefficient (Wildman–Crippen LogP) is 5.36. The quantitative estimate of drug-likeness (QED) is 0.341. The van der Waals surface area contributed by atoms with E-state index in [4.69, 9.17) is 4.74 Å². The number of rotatable bonds is 4. The Hall–Kier alpha value is -2.24. The SMILES string of the molecule is C[C@]12CC[C@H](OC(=O)C3CCCC3)CC1=CC[C@@H]1[C@@H]2CC[C@]2(C)C(n3cncn3)=C(C=O)C[C@@H]12. The normalized spacial score (nSPS) is 39.8. The Morgan fingerprint density at radius 3 is 2.62 bits per heavy atom. The van der Waals surface area contributed by atoms with Crippen LogP contribution in [0.4, 0.5) is 0 Å². The summed E-state index contributed by atoms with van der Waals surface area (Å²) in [5, 5.41) is 4.41. The molecule has 6 rings (SSSR count). The van der Waals surface area contributed by atoms with Crippen molar-refractivity contribution in [1.82, 2.24) is 14.8 Å². The average molecular weight is 464 g/mol. The zero-order chi connectivity index (χ0) is 23.5. The van der Waals surface area contributed by atoms with Crippen molar-refractivity contribution in [3.8, 4) is 0 Å². The molecule has 6 nitrogen and oxygen atoms in total. The summed E-state index contributed by atoms with van der Waals surface area (Å²) in [4.78, 5) is 28.9. The van der Waals surface area contributed by atoms with E-state index in [0.717, 1.165) is 81.8 Å². The van der Waals surface area contributed by atoms with Crippen molar-refractivity contribution in [3.05, 3.63) is 29.9 Å². The van der Waals surface area contributed by atoms with E-state index in [-0.39, 0.29) is 28.8 Å². The maximum Gasteiger partial charge on any atom is 0.309 e. The molecule has 5 aliphatic carbocycles. The average Bonchev–Trinajstić information content (AvgIpc) is 3.58. The first kappa shape index (κ1) is 22.2. The van der Waals surface area contributed by atoms with Gasteiger partial charge in [-0.1, -0.05) is 38.3 Å². The molecule has 6 atom stereocenters. The molecule has 0 amide bonds. The second-order valence-electron chi connectivity index (χ2n) is 12.0. The molecule has 0 saturated heterocycles. The topological polar surface area (TPSA) is 74.1 Å². The Labute approximate surface area is 202 Å². The van der Waals surface area contributed by atoms with Crippen LogP contribution in [0.3, 0.4) is 0 Å². The molecule has 0 unspecified atom stereocenters. The van der Waals surface area contributed by atoms with Crippen LogP contribution in [0.1, 0.15) is 84.5 Å². The number of aromatic nitrogens is 3. The number of nitrogens with zero attached hydrogens (tertiary/aromatic N) is 3. The lowest BCUT2D eigenvalue weighted by Crippen LogP contribution is -2.50. The Balaban J connectivity index is 1.22. The Kier molecular flexibility index (Phi) is 5.34. The maximum absolute atomic E-state index is 12.6. The van der Waals surface area contributed by atoms with E-state index < -0.39 is 0 Å². The molecule has 0 N–H and O–H groups in total. The van der Waals surface area contributed by atoms with Crippen LogP contribution in [0.25, 0.3) is 5.70 Å². The van der Waals surface area contributed by atoms with Crippen molar-refractivity contribution in [1.29, 1.82) is 0 Å². The molecule has 3 saturated carbocycles. The highest BCUT2D eigenvalue weighted by molar-refractivity contribution is 5.86. The minimum Gasteiger partial charge on any atom is -0.462 e. The number of hydrogen-bond acceptors (Lipinski definition) is 5. The molecule has 182 valence electrons. The zero-order valence-electron chi connectivity index (χ0n) is 20.5. The van der Waals surface area contributed by atoms with Crippen molar-refractivity contribution in [3.63, 3.8) is 0 Å². The van der Waals surface area contributed by atoms with E-state index >= 15 is 0 Å². The number of esters is 1. The molecule has 3 fully saturated rings. The van der Waals surface area contributed by atoms with Gasteiger partial charge in [0.25, 0.3) is 0 Å². The van der Waals surface area contributed by atoms with Crippen molar-refractivity contribution >= 4 is 18.0 Å². The zero-order valence-corrected chi connectivity index (χ0v) is 20.5. The largest absolute Gasteiger partial charge is 0.462 e. The van der Waals surface area contributed by atoms with E-state index in [1.54, 1.807) is 12.7 Å². The van der Waals surface area contributed by atoms with Gasteiger partial charge in [0.1, 0.15) is 25.0 Å². The van der Waals surface area contributed by atoms with Gasteiger partial charge in [-0.3, -0.25) is 9.59 Å². The highest BCUT2D eigenvalue weighted by atomic mass is 16.5. The lowest BCUT2D eigenvalue weighted by atomic mass is 9.48. The molecule has 0 radical (unpaired) electrons. The number of carbonyl (C=O) groups is 2. The fraction of sp³-hybridized carbons (Fsp3) is 0.714. The third-order valence-corrected chi connectivity index (χ3v) is 10.5. The number of allylic oxidation sites excluding steroid dienone is 3. The lowest BCUT2D eigenvalue weighted by molar-refractivity contribution is -0.156. The Bertz CT molecular complexity index is 1040. The van der Waals surface area contributed by atoms with Crippen LogP contribution < -0.4 is 0 Å². The van der Waals surface area contributed by atoms with Crippen LogP contribution in [0.2, 0.25) is 0 Å². The van der Waals surface area contributed by atoms with E-state index in [2.05, 4.69) is 30.0 Å². The fourth-order valence-electron chi connectivity index (χ4n) is 8.68. The summed E-state index contributed by atoms with van der Waals surface area (Å²) < 4.78 is 7.88. The van der Waals surface area contributed by atoms with Gasteiger partial charge in [-0.25, -0.2) is 9.67 Å². The minimum atomic E-state index is -0.0408. The molecule has 0 aliphatic heterocycles. The van der Waals surface area contributed by atoms with Gasteiger partial charge >= 0.3 is 5.97 Å². The van der Waals surface area contributed by atoms with Crippen molar-refractivity contribution < 1.29 is 14.3 Å². The molecule has 0 bridgehead atoms. The molecule has 1 heterocycles. The molecular formula is C28H37N3O3. The van der Waals surface area contributed by atoms with E-state index in [0.29, 0.717) is 17.8 Å². The number of hydrogen-bond donors (Lipinski definition) is 0. The van der Waals surface area contributed by atoms with Crippen LogP contribution in [-0.4, -0.2) is 33.1 Å². The predicted molar refractivity (Wildman–Crippen MR) is 128 cm³/mol. The van der Waals surface area contributed by atoms with Crippen LogP contribution in [0.5, 0.6) is 0 Å². The fourth-order valence-corrected chi connectivity index (χ4v) is 8.68. The molecule has 5 aliphatic rings. The lowest BCUT2D eigenvalue weighted by Gasteiger charge is -2.57. The third-order valence-electron chi connectivity index (χ3n) is 10.5. The molecule has 1 aromatic heterocycles. The van der Waals surface area contributed by atoms with Gasteiger partial charge in [0.15, 0.2) is 0 Å². The van der Waals surface area contributed by atoms with Crippen LogP contribution in [0.15, 0.2) is 29.9 Å². The second kappa shape index (κ2) is 8.17. The van der Waals surface area contributed by atoms with Gasteiger partial charge in [-0.2, -0.15) is 5.10 Å². The van der Waals surface area contributed by atoms with E-state index in [1.807, 2.05) is 4.68 Å². The number of ether oxygens (including phenoxy) is 1. The molecule has 0 spiro atoms. The Morgan fingerprint density at radius 2 is 1.88 bits per heavy atom. The monoisotopic (exact) mass is 463 g/mol. The third kappa shape index (κ3) is 3.27. The van der Waals surface area contributed by atoms with E-state index in [9.17, 15) is 9.59 Å². The van der Waals surface area contributed by atoms with Gasteiger partial charge in [0.2, 0.25) is 0 Å². The molecule has 6 heteroatoms. The molecular weight excluding hydrogens is 426 g/mol. The van der Waals surface area contributed by atoms with Gasteiger partial charge in [0.05, 0.1) is 11.6 Å². The van der Waals surface area contributed by atoms with Crippen LogP contribution in [0, 0.1) is 34.5 Å². The second-order valence-corrected chi connectivity index (χ2v) is 12.0. The van der Waals surface area contributed by atoms with Crippen molar-refractivity contribution in [2.45, 2.75) is 90.6 Å². The summed E-state index contributed by atoms with van der Waals surface area (Å²) >= 11 is 0. The first-order valence-corrected chi connectivity index (χ1v) is 13.4. The standard InChI is InChI=1S/C28H37N3O3/c1-27-11-9-21(34-26(33)18-5-3-4-6-18)14-20(27)7-8-22-23(27)10-12-28(2)24(22)13-19(15-32)25(28)31-17-29-16-30-31/h7,15-18,21-24H,3-6,8-14H2,1-2H3/t21-,22+,23-,24-,27-,28-/m0/s1. The van der Waals surface area contributed by atoms with Crippen molar-refractivity contribution in [2.75, 3.05) is 0 Å². The minimum absolute atomic E-state index is 0.0408. The summed E-state index contributed by atoms with van der Waals surface area (Å²) in [5.41, 5.74) is 3.64. The summed E-state index contributed by atoms with van der Waals surface area (Å²) in [5.74, 6) is 1.84. The van der Waals surface area contributed by atoms with Gasteiger partial charge in [-0.15, -0.1) is 0 Å². The molecule has 1 aromatic rings. The summed E-state index contributed by atoms with van der Waals surface area (Å²) in [6.07, 6.45) is 18.4. The molecule has 34 heavy (non-hydrogen) atoms. The number of fused-ring (bicyclic) bond motifs is 5. The Morgan fingerprint density at radius 1 is 1.09 bits per heavy atom. The van der Waals surface area contributed by atoms with Crippen LogP contribution in [-0.2, 0) is 14.3 Å². The van der Waals surface area contributed by atoms with Gasteiger partial charge in [-0.05, 0) is 74.5 Å². The maximum atomic E-state index is 12.6. The first-order valence-electron chi connectivity index (χ1n) is 13.4. The van der Waals surface area contributed by atoms with Crippen molar-refractivity contribution in [2.24, 2.45) is 34.5 Å². The highest BCUT2D eigenvalue weighted by Crippen LogP contribution is 2.66. The number of carbonyl (C=O) groups excluding carboxylic acids is 2. The smallest absolute Gasteiger partial charge is 0.309 e. The van der Waals surface area contributed by atoms with Gasteiger partial charge < -0.3 is 4.74 Å². The van der Waals surface area contributed by atoms with E-state index in [1.165, 1.54) is 12.0 Å². The molecule has 0 aromatic carbocycles. The number of aldehydes is 1. The summed E-state index contributed by atoms with van der Waals surface area (Å²) in [6, 6.07) is 0. The van der Waals surface area contributed by atoms with Crippen LogP contribution >= 0.6 is 0 Å². The summed E-state index contributed by atoms with van der Waals surface area (Å²) in [7, 11) is 0.